The van der Waals surface area contributed by atoms with Gasteiger partial charge in [0.1, 0.15) is 23.9 Å². The lowest BCUT2D eigenvalue weighted by molar-refractivity contribution is 0.102. The first-order chi connectivity index (χ1) is 12.5. The number of rotatable bonds is 5. The van der Waals surface area contributed by atoms with Crippen LogP contribution in [0, 0.1) is 0 Å². The second-order valence-electron chi connectivity index (χ2n) is 5.42. The van der Waals surface area contributed by atoms with E-state index in [0.29, 0.717) is 38.6 Å². The normalized spacial score (nSPS) is 10.6. The van der Waals surface area contributed by atoms with Crippen molar-refractivity contribution in [2.24, 2.45) is 0 Å². The van der Waals surface area contributed by atoms with Gasteiger partial charge in [0.05, 0.1) is 23.3 Å². The van der Waals surface area contributed by atoms with Crippen LogP contribution in [0.4, 0.5) is 5.69 Å². The molecular formula is C19H15Cl2NO4. The number of halogens is 2. The highest BCUT2D eigenvalue weighted by molar-refractivity contribution is 6.36. The minimum Gasteiger partial charge on any atom is -0.496 e. The van der Waals surface area contributed by atoms with E-state index >= 15 is 0 Å². The van der Waals surface area contributed by atoms with Crippen molar-refractivity contribution in [1.29, 1.82) is 0 Å². The smallest absolute Gasteiger partial charge is 0.257 e. The van der Waals surface area contributed by atoms with Crippen molar-refractivity contribution in [2.45, 2.75) is 6.61 Å². The number of hydrogen-bond acceptors (Lipinski definition) is 4. The average molecular weight is 392 g/mol. The first-order valence-corrected chi connectivity index (χ1v) is 8.42. The summed E-state index contributed by atoms with van der Waals surface area (Å²) in [5.41, 5.74) is 1.45. The van der Waals surface area contributed by atoms with Gasteiger partial charge < -0.3 is 19.6 Å². The zero-order chi connectivity index (χ0) is 18.7. The molecule has 134 valence electrons. The predicted molar refractivity (Wildman–Crippen MR) is 101 cm³/mol. The third-order valence-corrected chi connectivity index (χ3v) is 4.28. The van der Waals surface area contributed by atoms with Gasteiger partial charge in [-0.3, -0.25) is 4.79 Å². The molecule has 26 heavy (non-hydrogen) atoms. The topological polar surface area (TPSA) is 71.7 Å². The fourth-order valence-electron chi connectivity index (χ4n) is 2.46. The summed E-state index contributed by atoms with van der Waals surface area (Å²) < 4.78 is 10.9. The third-order valence-electron chi connectivity index (χ3n) is 3.71. The molecule has 3 rings (SSSR count). The van der Waals surface area contributed by atoms with Gasteiger partial charge in [0.15, 0.2) is 0 Å². The monoisotopic (exact) mass is 391 g/mol. The van der Waals surface area contributed by atoms with Crippen LogP contribution in [0.1, 0.15) is 16.1 Å². The predicted octanol–water partition coefficient (Wildman–Crippen LogP) is 5.01. The van der Waals surface area contributed by atoms with E-state index in [2.05, 4.69) is 5.32 Å². The van der Waals surface area contributed by atoms with E-state index < -0.39 is 0 Å². The number of benzene rings is 2. The number of hydrogen-bond donors (Lipinski definition) is 2. The van der Waals surface area contributed by atoms with Gasteiger partial charge in [-0.25, -0.2) is 0 Å². The number of anilines is 1. The molecule has 2 aromatic carbocycles. The summed E-state index contributed by atoms with van der Waals surface area (Å²) >= 11 is 12.0. The summed E-state index contributed by atoms with van der Waals surface area (Å²) in [6.45, 7) is -0.202. The number of aliphatic hydroxyl groups excluding tert-OH is 1. The highest BCUT2D eigenvalue weighted by Crippen LogP contribution is 2.34. The van der Waals surface area contributed by atoms with Crippen molar-refractivity contribution in [3.05, 3.63) is 69.9 Å². The van der Waals surface area contributed by atoms with Crippen LogP contribution in [0.25, 0.3) is 11.3 Å². The lowest BCUT2D eigenvalue weighted by atomic mass is 10.1. The maximum atomic E-state index is 12.5. The van der Waals surface area contributed by atoms with Crippen LogP contribution >= 0.6 is 23.2 Å². The van der Waals surface area contributed by atoms with E-state index in [9.17, 15) is 4.79 Å². The molecule has 7 heteroatoms. The van der Waals surface area contributed by atoms with Gasteiger partial charge in [-0.05, 0) is 48.5 Å². The third kappa shape index (κ3) is 3.85. The van der Waals surface area contributed by atoms with Crippen molar-refractivity contribution >= 4 is 34.8 Å². The fourth-order valence-corrected chi connectivity index (χ4v) is 2.83. The molecule has 2 N–H and O–H groups in total. The molecule has 0 fully saturated rings. The van der Waals surface area contributed by atoms with E-state index in [1.807, 2.05) is 0 Å². The Kier molecular flexibility index (Phi) is 5.52. The van der Waals surface area contributed by atoms with E-state index in [0.717, 1.165) is 0 Å². The standard InChI is InChI=1S/C19H15Cl2NO4/c1-25-17-6-3-12(9-15(17)18-7-4-13(10-23)26-18)22-19(24)14-8-11(20)2-5-16(14)21/h2-9,23H,10H2,1H3,(H,22,24). The van der Waals surface area contributed by atoms with Crippen LogP contribution in [0.3, 0.4) is 0 Å². The summed E-state index contributed by atoms with van der Waals surface area (Å²) in [6, 6.07) is 13.2. The van der Waals surface area contributed by atoms with Gasteiger partial charge in [0.25, 0.3) is 5.91 Å². The summed E-state index contributed by atoms with van der Waals surface area (Å²) in [6.07, 6.45) is 0. The number of carbonyl (C=O) groups excluding carboxylic acids is 1. The van der Waals surface area contributed by atoms with E-state index in [4.69, 9.17) is 37.5 Å². The zero-order valence-electron chi connectivity index (χ0n) is 13.8. The number of aliphatic hydroxyl groups is 1. The number of amides is 1. The summed E-state index contributed by atoms with van der Waals surface area (Å²) in [7, 11) is 1.54. The maximum Gasteiger partial charge on any atom is 0.257 e. The second-order valence-corrected chi connectivity index (χ2v) is 6.26. The summed E-state index contributed by atoms with van der Waals surface area (Å²) in [5.74, 6) is 1.14. The molecule has 0 saturated heterocycles. The SMILES string of the molecule is COc1ccc(NC(=O)c2cc(Cl)ccc2Cl)cc1-c1ccc(CO)o1. The molecule has 0 aliphatic heterocycles. The Morgan fingerprint density at radius 2 is 1.96 bits per heavy atom. The van der Waals surface area contributed by atoms with Crippen molar-refractivity contribution < 1.29 is 19.1 Å². The molecule has 3 aromatic rings. The molecule has 0 aliphatic rings. The largest absolute Gasteiger partial charge is 0.496 e. The van der Waals surface area contributed by atoms with Crippen LogP contribution in [-0.4, -0.2) is 18.1 Å². The Morgan fingerprint density at radius 1 is 1.15 bits per heavy atom. The molecule has 0 saturated carbocycles. The van der Waals surface area contributed by atoms with Gasteiger partial charge in [-0.1, -0.05) is 23.2 Å². The van der Waals surface area contributed by atoms with Crippen LogP contribution in [0.5, 0.6) is 5.75 Å². The van der Waals surface area contributed by atoms with E-state index in [1.54, 1.807) is 49.6 Å². The number of ether oxygens (including phenoxy) is 1. The van der Waals surface area contributed by atoms with E-state index in [1.165, 1.54) is 6.07 Å². The molecule has 0 aliphatic carbocycles. The molecule has 0 unspecified atom stereocenters. The fraction of sp³-hybridized carbons (Fsp3) is 0.105. The van der Waals surface area contributed by atoms with Gasteiger partial charge in [0.2, 0.25) is 0 Å². The van der Waals surface area contributed by atoms with Crippen molar-refractivity contribution in [3.8, 4) is 17.1 Å². The van der Waals surface area contributed by atoms with Crippen LogP contribution in [0.15, 0.2) is 52.9 Å². The Labute approximate surface area is 160 Å². The minimum atomic E-state index is -0.385. The molecule has 1 amide bonds. The molecule has 1 heterocycles. The Hall–Kier alpha value is -2.47. The van der Waals surface area contributed by atoms with Gasteiger partial charge in [-0.2, -0.15) is 0 Å². The number of methoxy groups -OCH3 is 1. The molecule has 1 aromatic heterocycles. The average Bonchev–Trinajstić information content (AvgIpc) is 3.12. The summed E-state index contributed by atoms with van der Waals surface area (Å²) in [4.78, 5) is 12.5. The Morgan fingerprint density at radius 3 is 2.65 bits per heavy atom. The number of carbonyl (C=O) groups is 1. The molecular weight excluding hydrogens is 377 g/mol. The quantitative estimate of drug-likeness (QED) is 0.641. The highest BCUT2D eigenvalue weighted by atomic mass is 35.5. The molecule has 0 radical (unpaired) electrons. The van der Waals surface area contributed by atoms with Crippen molar-refractivity contribution in [1.82, 2.24) is 0 Å². The zero-order valence-corrected chi connectivity index (χ0v) is 15.3. The molecule has 5 nitrogen and oxygen atoms in total. The number of nitrogens with one attached hydrogen (secondary N) is 1. The first-order valence-electron chi connectivity index (χ1n) is 7.66. The maximum absolute atomic E-state index is 12.5. The first kappa shape index (κ1) is 18.3. The summed E-state index contributed by atoms with van der Waals surface area (Å²) in [5, 5.41) is 12.7. The van der Waals surface area contributed by atoms with E-state index in [-0.39, 0.29) is 18.1 Å². The number of furan rings is 1. The second kappa shape index (κ2) is 7.83. The highest BCUT2D eigenvalue weighted by Gasteiger charge is 2.15. The Bertz CT molecular complexity index is 952. The lowest BCUT2D eigenvalue weighted by Crippen LogP contribution is -2.12. The molecule has 0 spiro atoms. The van der Waals surface area contributed by atoms with Gasteiger partial charge >= 0.3 is 0 Å². The van der Waals surface area contributed by atoms with Crippen molar-refractivity contribution in [3.63, 3.8) is 0 Å². The Balaban J connectivity index is 1.92. The van der Waals surface area contributed by atoms with Gasteiger partial charge in [0, 0.05) is 10.7 Å². The van der Waals surface area contributed by atoms with Crippen LogP contribution in [-0.2, 0) is 6.61 Å². The van der Waals surface area contributed by atoms with Crippen LogP contribution in [0.2, 0.25) is 10.0 Å². The van der Waals surface area contributed by atoms with Gasteiger partial charge in [-0.15, -0.1) is 0 Å². The lowest BCUT2D eigenvalue weighted by Gasteiger charge is -2.11. The molecule has 0 atom stereocenters. The van der Waals surface area contributed by atoms with Crippen molar-refractivity contribution in [2.75, 3.05) is 12.4 Å². The minimum absolute atomic E-state index is 0.202. The van der Waals surface area contributed by atoms with Crippen LogP contribution < -0.4 is 10.1 Å². The molecule has 0 bridgehead atoms.